The summed E-state index contributed by atoms with van der Waals surface area (Å²) in [6.45, 7) is 9.62. The number of rotatable bonds is 10. The van der Waals surface area contributed by atoms with Crippen LogP contribution in [0.2, 0.25) is 0 Å². The van der Waals surface area contributed by atoms with E-state index in [1.54, 1.807) is 12.3 Å². The van der Waals surface area contributed by atoms with Crippen LogP contribution in [0.5, 0.6) is 0 Å². The minimum Gasteiger partial charge on any atom is -0.399 e. The van der Waals surface area contributed by atoms with Crippen LogP contribution in [0.25, 0.3) is 5.57 Å². The molecule has 1 aromatic rings. The second-order valence-corrected chi connectivity index (χ2v) is 8.53. The van der Waals surface area contributed by atoms with Crippen molar-refractivity contribution in [3.05, 3.63) is 72.5 Å². The van der Waals surface area contributed by atoms with E-state index in [1.807, 2.05) is 63.3 Å². The van der Waals surface area contributed by atoms with Crippen molar-refractivity contribution in [2.75, 3.05) is 12.3 Å². The monoisotopic (exact) mass is 425 g/mol. The van der Waals surface area contributed by atoms with E-state index >= 15 is 0 Å². The molecule has 168 valence electrons. The maximum Gasteiger partial charge on any atom is 0.214 e. The van der Waals surface area contributed by atoms with Crippen LogP contribution in [-0.2, 0) is 4.74 Å². The number of ether oxygens (including phenoxy) is 1. The molecule has 3 unspecified atom stereocenters. The molecule has 0 bridgehead atoms. The Labute approximate surface area is 185 Å². The third-order valence-corrected chi connectivity index (χ3v) is 4.82. The molecule has 5 N–H and O–H groups in total. The van der Waals surface area contributed by atoms with Gasteiger partial charge in [0.1, 0.15) is 0 Å². The SMILES string of the molecule is C=CN=C/C=C/CC(O)C1C=CC(CNC(O)OC(C)(C)C)=C(c2cccc(N)c2)C1. The van der Waals surface area contributed by atoms with Crippen molar-refractivity contribution in [3.63, 3.8) is 0 Å². The highest BCUT2D eigenvalue weighted by Crippen LogP contribution is 2.34. The summed E-state index contributed by atoms with van der Waals surface area (Å²) in [7, 11) is 0. The van der Waals surface area contributed by atoms with E-state index in [1.165, 1.54) is 6.20 Å². The Kier molecular flexibility index (Phi) is 9.40. The lowest BCUT2D eigenvalue weighted by atomic mass is 9.82. The lowest BCUT2D eigenvalue weighted by Gasteiger charge is -2.28. The van der Waals surface area contributed by atoms with Gasteiger partial charge in [-0.25, -0.2) is 0 Å². The van der Waals surface area contributed by atoms with Crippen LogP contribution in [0.4, 0.5) is 5.69 Å². The minimum atomic E-state index is -1.08. The number of aliphatic hydroxyl groups excluding tert-OH is 2. The van der Waals surface area contributed by atoms with Gasteiger partial charge in [-0.2, -0.15) is 0 Å². The van der Waals surface area contributed by atoms with Gasteiger partial charge >= 0.3 is 0 Å². The lowest BCUT2D eigenvalue weighted by Crippen LogP contribution is -2.39. The number of allylic oxidation sites excluding steroid dienone is 2. The van der Waals surface area contributed by atoms with Gasteiger partial charge in [0.25, 0.3) is 0 Å². The van der Waals surface area contributed by atoms with E-state index in [2.05, 4.69) is 16.9 Å². The van der Waals surface area contributed by atoms with E-state index < -0.39 is 18.1 Å². The molecule has 6 nitrogen and oxygen atoms in total. The second kappa shape index (κ2) is 11.8. The third kappa shape index (κ3) is 8.63. The molecule has 31 heavy (non-hydrogen) atoms. The largest absolute Gasteiger partial charge is 0.399 e. The highest BCUT2D eigenvalue weighted by molar-refractivity contribution is 5.74. The first kappa shape index (κ1) is 24.8. The van der Waals surface area contributed by atoms with Gasteiger partial charge in [-0.15, -0.1) is 0 Å². The minimum absolute atomic E-state index is 0.0306. The molecule has 1 aliphatic rings. The Morgan fingerprint density at radius 2 is 2.13 bits per heavy atom. The highest BCUT2D eigenvalue weighted by atomic mass is 16.6. The van der Waals surface area contributed by atoms with Crippen LogP contribution in [0.15, 0.2) is 71.9 Å². The number of hydrogen-bond donors (Lipinski definition) is 4. The topological polar surface area (TPSA) is 100 Å². The van der Waals surface area contributed by atoms with E-state index in [4.69, 9.17) is 10.5 Å². The average Bonchev–Trinajstić information content (AvgIpc) is 2.70. The maximum absolute atomic E-state index is 10.7. The molecule has 1 aliphatic carbocycles. The average molecular weight is 426 g/mol. The van der Waals surface area contributed by atoms with Gasteiger partial charge in [-0.1, -0.05) is 36.9 Å². The second-order valence-electron chi connectivity index (χ2n) is 8.53. The number of nitrogens with one attached hydrogen (secondary N) is 1. The molecule has 0 saturated heterocycles. The summed E-state index contributed by atoms with van der Waals surface area (Å²) in [5, 5.41) is 23.9. The number of nitrogens with zero attached hydrogens (tertiary/aromatic N) is 1. The lowest BCUT2D eigenvalue weighted by molar-refractivity contribution is -0.180. The van der Waals surface area contributed by atoms with E-state index in [0.717, 1.165) is 16.7 Å². The smallest absolute Gasteiger partial charge is 0.214 e. The normalized spacial score (nSPS) is 19.3. The van der Waals surface area contributed by atoms with Gasteiger partial charge < -0.3 is 20.7 Å². The molecule has 1 aromatic carbocycles. The molecule has 2 rings (SSSR count). The Morgan fingerprint density at radius 3 is 2.81 bits per heavy atom. The van der Waals surface area contributed by atoms with Crippen LogP contribution < -0.4 is 11.1 Å². The summed E-state index contributed by atoms with van der Waals surface area (Å²) in [5.41, 5.74) is 9.36. The van der Waals surface area contributed by atoms with Gasteiger partial charge in [0.2, 0.25) is 6.41 Å². The van der Waals surface area contributed by atoms with Crippen LogP contribution >= 0.6 is 0 Å². The number of benzene rings is 1. The molecule has 0 radical (unpaired) electrons. The van der Waals surface area contributed by atoms with Gasteiger partial charge in [-0.3, -0.25) is 10.3 Å². The van der Waals surface area contributed by atoms with Gasteiger partial charge in [0, 0.05) is 30.6 Å². The molecule has 0 fully saturated rings. The Morgan fingerprint density at radius 1 is 1.35 bits per heavy atom. The van der Waals surface area contributed by atoms with E-state index in [9.17, 15) is 10.2 Å². The molecule has 0 heterocycles. The van der Waals surface area contributed by atoms with Gasteiger partial charge in [-0.05, 0) is 68.5 Å². The van der Waals surface area contributed by atoms with Crippen LogP contribution in [0, 0.1) is 5.92 Å². The van der Waals surface area contributed by atoms with Crippen molar-refractivity contribution in [2.24, 2.45) is 10.9 Å². The molecule has 0 saturated carbocycles. The van der Waals surface area contributed by atoms with Crippen molar-refractivity contribution in [2.45, 2.75) is 51.7 Å². The summed E-state index contributed by atoms with van der Waals surface area (Å²) < 4.78 is 5.53. The van der Waals surface area contributed by atoms with E-state index in [-0.39, 0.29) is 5.92 Å². The molecule has 6 heteroatoms. The predicted molar refractivity (Wildman–Crippen MR) is 128 cm³/mol. The summed E-state index contributed by atoms with van der Waals surface area (Å²) in [4.78, 5) is 3.91. The van der Waals surface area contributed by atoms with Crippen molar-refractivity contribution in [3.8, 4) is 0 Å². The molecule has 0 amide bonds. The molecular weight excluding hydrogens is 390 g/mol. The van der Waals surface area contributed by atoms with Crippen LogP contribution in [0.3, 0.4) is 0 Å². The first-order valence-electron chi connectivity index (χ1n) is 10.5. The zero-order chi connectivity index (χ0) is 22.9. The number of aliphatic hydroxyl groups is 2. The standard InChI is InChI=1S/C25H35N3O3/c1-5-27-14-7-6-11-23(29)19-12-13-20(17-28-24(30)31-25(2,3)4)22(16-19)18-9-8-10-21(26)15-18/h5-10,12-15,19,23-24,28-30H,1,11,16-17,26H2,2-4H3/b7-6+,27-14?. The number of nitrogen functional groups attached to an aromatic ring is 1. The van der Waals surface area contributed by atoms with Crippen LogP contribution in [-0.4, -0.2) is 41.1 Å². The first-order valence-corrected chi connectivity index (χ1v) is 10.5. The zero-order valence-electron chi connectivity index (χ0n) is 18.7. The summed E-state index contributed by atoms with van der Waals surface area (Å²) in [6.07, 6.45) is 10.4. The Bertz CT molecular complexity index is 850. The summed E-state index contributed by atoms with van der Waals surface area (Å²) >= 11 is 0. The fraction of sp³-hybridized carbons (Fsp3) is 0.400. The number of anilines is 1. The van der Waals surface area contributed by atoms with E-state index in [0.29, 0.717) is 25.1 Å². The van der Waals surface area contributed by atoms with Crippen molar-refractivity contribution in [1.29, 1.82) is 0 Å². The van der Waals surface area contributed by atoms with Crippen LogP contribution in [0.1, 0.15) is 39.2 Å². The fourth-order valence-electron chi connectivity index (χ4n) is 3.37. The molecule has 0 aromatic heterocycles. The quantitative estimate of drug-likeness (QED) is 0.260. The molecule has 0 spiro atoms. The fourth-order valence-corrected chi connectivity index (χ4v) is 3.37. The molecule has 0 aliphatic heterocycles. The van der Waals surface area contributed by atoms with Crippen molar-refractivity contribution < 1.29 is 14.9 Å². The van der Waals surface area contributed by atoms with Gasteiger partial charge in [0.15, 0.2) is 0 Å². The number of hydrogen-bond acceptors (Lipinski definition) is 6. The van der Waals surface area contributed by atoms with Crippen molar-refractivity contribution >= 4 is 17.5 Å². The third-order valence-electron chi connectivity index (χ3n) is 4.82. The highest BCUT2D eigenvalue weighted by Gasteiger charge is 2.24. The summed E-state index contributed by atoms with van der Waals surface area (Å²) in [6, 6.07) is 7.73. The maximum atomic E-state index is 10.7. The molecular formula is C25H35N3O3. The predicted octanol–water partition coefficient (Wildman–Crippen LogP) is 3.80. The zero-order valence-corrected chi connectivity index (χ0v) is 18.7. The summed E-state index contributed by atoms with van der Waals surface area (Å²) in [5.74, 6) is -0.0306. The van der Waals surface area contributed by atoms with Crippen molar-refractivity contribution in [1.82, 2.24) is 5.32 Å². The Hall–Kier alpha value is -2.51. The Balaban J connectivity index is 2.15. The van der Waals surface area contributed by atoms with Gasteiger partial charge in [0.05, 0.1) is 11.7 Å². The first-order chi connectivity index (χ1) is 14.7. The molecule has 3 atom stereocenters. The number of nitrogens with two attached hydrogens (primary N) is 1. The number of aliphatic imine (C=N–C) groups is 1.